The van der Waals surface area contributed by atoms with Crippen molar-refractivity contribution in [1.29, 1.82) is 0 Å². The topological polar surface area (TPSA) is 88.5 Å². The molecule has 6 nitrogen and oxygen atoms in total. The van der Waals surface area contributed by atoms with Crippen molar-refractivity contribution in [3.63, 3.8) is 0 Å². The lowest BCUT2D eigenvalue weighted by molar-refractivity contribution is -0.139. The molecule has 6 rings (SSSR count). The summed E-state index contributed by atoms with van der Waals surface area (Å²) in [5.41, 5.74) is 1.79. The number of carbonyl (C=O) groups excluding carboxylic acids is 1. The number of carbonyl (C=O) groups is 2. The molecule has 0 radical (unpaired) electrons. The Morgan fingerprint density at radius 1 is 1.11 bits per heavy atom. The van der Waals surface area contributed by atoms with Gasteiger partial charge in [0.15, 0.2) is 0 Å². The average Bonchev–Trinajstić information content (AvgIpc) is 3.75. The quantitative estimate of drug-likeness (QED) is 0.281. The molecule has 1 aromatic carbocycles. The Morgan fingerprint density at radius 2 is 1.89 bits per heavy atom. The van der Waals surface area contributed by atoms with Gasteiger partial charge in [-0.25, -0.2) is 4.79 Å². The molecule has 2 N–H and O–H groups in total. The van der Waals surface area contributed by atoms with Gasteiger partial charge in [-0.3, -0.25) is 10.1 Å². The highest BCUT2D eigenvalue weighted by molar-refractivity contribution is 7.28. The number of carboxylic acids is 1. The van der Waals surface area contributed by atoms with E-state index in [1.807, 2.05) is 42.5 Å². The van der Waals surface area contributed by atoms with Gasteiger partial charge in [0.25, 0.3) is 0 Å². The maximum Gasteiger partial charge on any atom is 0.412 e. The number of benzene rings is 1. The first-order valence-electron chi connectivity index (χ1n) is 11.3. The molecule has 0 bridgehead atoms. The molecule has 35 heavy (non-hydrogen) atoms. The fourth-order valence-corrected chi connectivity index (χ4v) is 7.21. The second kappa shape index (κ2) is 8.79. The highest BCUT2D eigenvalue weighted by Crippen LogP contribution is 2.52. The monoisotopic (exact) mass is 520 g/mol. The molecule has 4 aromatic rings. The first-order chi connectivity index (χ1) is 17.0. The van der Waals surface area contributed by atoms with Gasteiger partial charge in [0, 0.05) is 20.2 Å². The van der Waals surface area contributed by atoms with Gasteiger partial charge >= 0.3 is 12.1 Å². The lowest BCUT2D eigenvalue weighted by Crippen LogP contribution is -2.17. The molecule has 2 saturated carbocycles. The van der Waals surface area contributed by atoms with E-state index in [0.717, 1.165) is 43.3 Å². The Labute approximate surface area is 213 Å². The van der Waals surface area contributed by atoms with Gasteiger partial charge in [0.05, 0.1) is 16.3 Å². The average molecular weight is 521 g/mol. The smallest absolute Gasteiger partial charge is 0.412 e. The van der Waals surface area contributed by atoms with Crippen LogP contribution in [0.4, 0.5) is 10.5 Å². The van der Waals surface area contributed by atoms with Crippen LogP contribution in [0.2, 0.25) is 0 Å². The van der Waals surface area contributed by atoms with Crippen molar-refractivity contribution in [3.8, 4) is 11.8 Å². The molecule has 0 atom stereocenters. The van der Waals surface area contributed by atoms with Crippen molar-refractivity contribution in [2.75, 3.05) is 5.32 Å². The van der Waals surface area contributed by atoms with E-state index in [0.29, 0.717) is 29.3 Å². The molecular weight excluding hydrogens is 500 g/mol. The number of thiophene rings is 2. The number of nitrogens with one attached hydrogen (secondary N) is 1. The van der Waals surface area contributed by atoms with Gasteiger partial charge in [-0.15, -0.1) is 22.7 Å². The molecule has 2 fully saturated rings. The van der Waals surface area contributed by atoms with Crippen LogP contribution in [0.3, 0.4) is 0 Å². The number of aliphatic carboxylic acids is 1. The fourth-order valence-electron chi connectivity index (χ4n) is 3.95. The Balaban J connectivity index is 1.20. The number of amides is 1. The maximum absolute atomic E-state index is 12.5. The minimum atomic E-state index is -0.731. The van der Waals surface area contributed by atoms with Crippen LogP contribution in [-0.2, 0) is 21.6 Å². The number of fused-ring (bicyclic) bond motifs is 1. The van der Waals surface area contributed by atoms with E-state index >= 15 is 0 Å². The van der Waals surface area contributed by atoms with Gasteiger partial charge in [0.1, 0.15) is 16.9 Å². The van der Waals surface area contributed by atoms with Crippen molar-refractivity contribution in [1.82, 2.24) is 4.37 Å². The molecule has 0 aliphatic heterocycles. The number of ether oxygens (including phenoxy) is 1. The van der Waals surface area contributed by atoms with Gasteiger partial charge in [-0.2, -0.15) is 4.37 Å². The largest absolute Gasteiger partial charge is 0.481 e. The van der Waals surface area contributed by atoms with Crippen LogP contribution in [0.15, 0.2) is 42.5 Å². The van der Waals surface area contributed by atoms with Gasteiger partial charge < -0.3 is 9.84 Å². The molecule has 176 valence electrons. The predicted molar refractivity (Wildman–Crippen MR) is 139 cm³/mol. The van der Waals surface area contributed by atoms with Crippen LogP contribution in [0.1, 0.15) is 57.5 Å². The number of aromatic nitrogens is 1. The van der Waals surface area contributed by atoms with Crippen molar-refractivity contribution in [3.05, 3.63) is 68.4 Å². The zero-order valence-electron chi connectivity index (χ0n) is 18.5. The SMILES string of the molecule is O=C(Nc1c(C2CC2)nsc1C#Cc1cc2sc(C3(C(=O)O)CC3)cc2s1)OCc1ccccc1. The number of anilines is 1. The lowest BCUT2D eigenvalue weighted by Gasteiger charge is -2.07. The zero-order valence-corrected chi connectivity index (χ0v) is 20.9. The molecular formula is C26H20N2O4S3. The van der Waals surface area contributed by atoms with Crippen molar-refractivity contribution in [2.45, 2.75) is 43.6 Å². The summed E-state index contributed by atoms with van der Waals surface area (Å²) < 4.78 is 12.1. The number of nitrogens with zero attached hydrogens (tertiary/aromatic N) is 1. The van der Waals surface area contributed by atoms with E-state index in [9.17, 15) is 14.7 Å². The summed E-state index contributed by atoms with van der Waals surface area (Å²) in [6, 6.07) is 13.6. The van der Waals surface area contributed by atoms with E-state index in [4.69, 9.17) is 4.74 Å². The third-order valence-corrected chi connectivity index (χ3v) is 9.45. The molecule has 2 aliphatic rings. The minimum absolute atomic E-state index is 0.196. The third-order valence-electron chi connectivity index (χ3n) is 6.26. The van der Waals surface area contributed by atoms with E-state index in [1.165, 1.54) is 11.5 Å². The Kier molecular flexibility index (Phi) is 5.60. The second-order valence-corrected chi connectivity index (χ2v) is 11.8. The van der Waals surface area contributed by atoms with Crippen LogP contribution in [-0.4, -0.2) is 21.5 Å². The Bertz CT molecular complexity index is 1470. The molecule has 0 spiro atoms. The summed E-state index contributed by atoms with van der Waals surface area (Å²) in [5, 5.41) is 12.4. The number of hydrogen-bond donors (Lipinski definition) is 2. The van der Waals surface area contributed by atoms with Crippen molar-refractivity contribution < 1.29 is 19.4 Å². The van der Waals surface area contributed by atoms with Crippen LogP contribution >= 0.6 is 34.2 Å². The van der Waals surface area contributed by atoms with Crippen molar-refractivity contribution in [2.24, 2.45) is 0 Å². The number of rotatable bonds is 6. The van der Waals surface area contributed by atoms with Crippen LogP contribution in [0, 0.1) is 11.8 Å². The molecule has 0 saturated heterocycles. The summed E-state index contributed by atoms with van der Waals surface area (Å²) in [5.74, 6) is 6.04. The summed E-state index contributed by atoms with van der Waals surface area (Å²) >= 11 is 4.40. The fraction of sp³-hybridized carbons (Fsp3) is 0.269. The summed E-state index contributed by atoms with van der Waals surface area (Å²) in [4.78, 5) is 26.7. The Hall–Kier alpha value is -3.19. The van der Waals surface area contributed by atoms with E-state index in [2.05, 4.69) is 21.5 Å². The summed E-state index contributed by atoms with van der Waals surface area (Å²) in [6.45, 7) is 0.196. The molecule has 2 aliphatic carbocycles. The number of hydrogen-bond acceptors (Lipinski definition) is 7. The molecule has 3 heterocycles. The van der Waals surface area contributed by atoms with Crippen LogP contribution in [0.25, 0.3) is 9.40 Å². The van der Waals surface area contributed by atoms with Crippen LogP contribution < -0.4 is 5.32 Å². The first kappa shape index (κ1) is 22.3. The van der Waals surface area contributed by atoms with E-state index in [1.54, 1.807) is 22.7 Å². The molecule has 9 heteroatoms. The van der Waals surface area contributed by atoms with Gasteiger partial charge in [-0.05, 0) is 66.8 Å². The predicted octanol–water partition coefficient (Wildman–Crippen LogP) is 6.56. The molecule has 3 aromatic heterocycles. The minimum Gasteiger partial charge on any atom is -0.481 e. The summed E-state index contributed by atoms with van der Waals surface area (Å²) in [7, 11) is 0. The normalized spacial score (nSPS) is 15.9. The standard InChI is InChI=1S/C26H20N2O4S3/c29-24(30)26(10-11-26)21-13-20-19(34-21)12-17(33-20)8-9-18-23(22(28-35-18)16-6-7-16)27-25(31)32-14-15-4-2-1-3-5-15/h1-5,12-13,16H,6-7,10-11,14H2,(H,27,31)(H,29,30). The molecule has 0 unspecified atom stereocenters. The third kappa shape index (κ3) is 4.45. The second-order valence-electron chi connectivity index (χ2n) is 8.82. The molecule has 1 amide bonds. The van der Waals surface area contributed by atoms with Crippen LogP contribution in [0.5, 0.6) is 0 Å². The summed E-state index contributed by atoms with van der Waals surface area (Å²) in [6.07, 6.45) is 3.02. The van der Waals surface area contributed by atoms with Gasteiger partial charge in [0.2, 0.25) is 0 Å². The number of carboxylic acid groups (broad SMARTS) is 1. The highest BCUT2D eigenvalue weighted by atomic mass is 32.1. The van der Waals surface area contributed by atoms with Crippen molar-refractivity contribution >= 4 is 61.4 Å². The lowest BCUT2D eigenvalue weighted by atomic mass is 10.1. The van der Waals surface area contributed by atoms with E-state index < -0.39 is 17.5 Å². The first-order valence-corrected chi connectivity index (χ1v) is 13.7. The highest BCUT2D eigenvalue weighted by Gasteiger charge is 2.53. The zero-order chi connectivity index (χ0) is 24.0. The van der Waals surface area contributed by atoms with Gasteiger partial charge in [-0.1, -0.05) is 30.3 Å². The van der Waals surface area contributed by atoms with E-state index in [-0.39, 0.29) is 6.61 Å². The Morgan fingerprint density at radius 3 is 2.57 bits per heavy atom. The maximum atomic E-state index is 12.5.